The second-order valence-electron chi connectivity index (χ2n) is 4.68. The highest BCUT2D eigenvalue weighted by molar-refractivity contribution is 7.91. The molecule has 2 heterocycles. The maximum atomic E-state index is 12.2. The number of sulfone groups is 1. The fourth-order valence-corrected chi connectivity index (χ4v) is 4.30. The summed E-state index contributed by atoms with van der Waals surface area (Å²) in [4.78, 5) is 13.9. The SMILES string of the molecule is CCN(C(=O)C1CCCO1)C1CCS(=O)(=O)C1. The summed E-state index contributed by atoms with van der Waals surface area (Å²) in [6, 6.07) is -0.151. The van der Waals surface area contributed by atoms with Crippen LogP contribution in [0.15, 0.2) is 0 Å². The average Bonchev–Trinajstić information content (AvgIpc) is 2.88. The van der Waals surface area contributed by atoms with Gasteiger partial charge >= 0.3 is 0 Å². The number of carbonyl (C=O) groups excluding carboxylic acids is 1. The second-order valence-corrected chi connectivity index (χ2v) is 6.91. The highest BCUT2D eigenvalue weighted by atomic mass is 32.2. The Labute approximate surface area is 102 Å². The lowest BCUT2D eigenvalue weighted by atomic mass is 10.1. The first kappa shape index (κ1) is 12.8. The molecule has 2 saturated heterocycles. The number of hydrogen-bond donors (Lipinski definition) is 0. The van der Waals surface area contributed by atoms with Crippen molar-refractivity contribution in [2.24, 2.45) is 0 Å². The molecule has 0 aromatic rings. The third-order valence-electron chi connectivity index (χ3n) is 3.48. The maximum Gasteiger partial charge on any atom is 0.251 e. The first-order valence-corrected chi connectivity index (χ1v) is 7.98. The summed E-state index contributed by atoms with van der Waals surface area (Å²) in [5, 5.41) is 0. The summed E-state index contributed by atoms with van der Waals surface area (Å²) in [7, 11) is -2.94. The van der Waals surface area contributed by atoms with Gasteiger partial charge in [-0.25, -0.2) is 8.42 Å². The van der Waals surface area contributed by atoms with Crippen molar-refractivity contribution in [3.8, 4) is 0 Å². The number of hydrogen-bond acceptors (Lipinski definition) is 4. The van der Waals surface area contributed by atoms with E-state index >= 15 is 0 Å². The third-order valence-corrected chi connectivity index (χ3v) is 5.23. The van der Waals surface area contributed by atoms with Crippen LogP contribution in [0.2, 0.25) is 0 Å². The fourth-order valence-electron chi connectivity index (χ4n) is 2.57. The van der Waals surface area contributed by atoms with Crippen molar-refractivity contribution in [3.05, 3.63) is 0 Å². The van der Waals surface area contributed by atoms with E-state index < -0.39 is 9.84 Å². The Morgan fingerprint density at radius 1 is 1.41 bits per heavy atom. The molecule has 2 aliphatic heterocycles. The summed E-state index contributed by atoms with van der Waals surface area (Å²) < 4.78 is 28.2. The van der Waals surface area contributed by atoms with E-state index in [-0.39, 0.29) is 29.6 Å². The zero-order valence-corrected chi connectivity index (χ0v) is 10.9. The van der Waals surface area contributed by atoms with Crippen LogP contribution in [0.4, 0.5) is 0 Å². The zero-order chi connectivity index (χ0) is 12.5. The van der Waals surface area contributed by atoms with E-state index in [9.17, 15) is 13.2 Å². The van der Waals surface area contributed by atoms with Crippen LogP contribution in [0.3, 0.4) is 0 Å². The third kappa shape index (κ3) is 2.80. The van der Waals surface area contributed by atoms with Gasteiger partial charge in [0.05, 0.1) is 11.5 Å². The van der Waals surface area contributed by atoms with Gasteiger partial charge in [0.15, 0.2) is 9.84 Å². The second kappa shape index (κ2) is 4.94. The van der Waals surface area contributed by atoms with E-state index in [1.165, 1.54) is 0 Å². The van der Waals surface area contributed by atoms with Gasteiger partial charge in [-0.1, -0.05) is 0 Å². The van der Waals surface area contributed by atoms with Crippen LogP contribution in [0.1, 0.15) is 26.2 Å². The van der Waals surface area contributed by atoms with Gasteiger partial charge in [0, 0.05) is 19.2 Å². The number of rotatable bonds is 3. The highest BCUT2D eigenvalue weighted by Gasteiger charge is 2.37. The molecule has 98 valence electrons. The average molecular weight is 261 g/mol. The number of ether oxygens (including phenoxy) is 1. The van der Waals surface area contributed by atoms with Crippen molar-refractivity contribution < 1.29 is 17.9 Å². The largest absolute Gasteiger partial charge is 0.368 e. The summed E-state index contributed by atoms with van der Waals surface area (Å²) in [6.45, 7) is 3.08. The first-order chi connectivity index (χ1) is 8.03. The molecule has 2 rings (SSSR count). The number of amides is 1. The molecule has 0 N–H and O–H groups in total. The van der Waals surface area contributed by atoms with Gasteiger partial charge in [-0.05, 0) is 26.2 Å². The van der Waals surface area contributed by atoms with E-state index in [4.69, 9.17) is 4.74 Å². The van der Waals surface area contributed by atoms with Crippen LogP contribution in [0.5, 0.6) is 0 Å². The normalized spacial score (nSPS) is 31.6. The molecular weight excluding hydrogens is 242 g/mol. The highest BCUT2D eigenvalue weighted by Crippen LogP contribution is 2.21. The van der Waals surface area contributed by atoms with Gasteiger partial charge in [0.1, 0.15) is 6.10 Å². The molecule has 0 bridgehead atoms. The quantitative estimate of drug-likeness (QED) is 0.728. The monoisotopic (exact) mass is 261 g/mol. The predicted molar refractivity (Wildman–Crippen MR) is 63.4 cm³/mol. The standard InChI is InChI=1S/C11H19NO4S/c1-2-12(9-5-7-17(14,15)8-9)11(13)10-4-3-6-16-10/h9-10H,2-8H2,1H3. The molecule has 0 aromatic carbocycles. The first-order valence-electron chi connectivity index (χ1n) is 6.16. The molecule has 0 spiro atoms. The van der Waals surface area contributed by atoms with Crippen LogP contribution in [0, 0.1) is 0 Å². The lowest BCUT2D eigenvalue weighted by Gasteiger charge is -2.29. The van der Waals surface area contributed by atoms with Gasteiger partial charge < -0.3 is 9.64 Å². The van der Waals surface area contributed by atoms with Crippen molar-refractivity contribution in [2.75, 3.05) is 24.7 Å². The minimum atomic E-state index is -2.94. The van der Waals surface area contributed by atoms with Crippen molar-refractivity contribution in [1.82, 2.24) is 4.90 Å². The van der Waals surface area contributed by atoms with Gasteiger partial charge in [0.25, 0.3) is 5.91 Å². The van der Waals surface area contributed by atoms with Gasteiger partial charge in [-0.2, -0.15) is 0 Å². The Balaban J connectivity index is 2.03. The topological polar surface area (TPSA) is 63.7 Å². The minimum absolute atomic E-state index is 0.0351. The summed E-state index contributed by atoms with van der Waals surface area (Å²) in [6.07, 6.45) is 1.89. The maximum absolute atomic E-state index is 12.2. The van der Waals surface area contributed by atoms with E-state index in [0.717, 1.165) is 12.8 Å². The molecule has 0 radical (unpaired) electrons. The lowest BCUT2D eigenvalue weighted by molar-refractivity contribution is -0.142. The van der Waals surface area contributed by atoms with Crippen LogP contribution >= 0.6 is 0 Å². The molecule has 2 fully saturated rings. The molecule has 5 nitrogen and oxygen atoms in total. The molecule has 17 heavy (non-hydrogen) atoms. The van der Waals surface area contributed by atoms with Crippen LogP contribution in [-0.2, 0) is 19.4 Å². The molecule has 2 unspecified atom stereocenters. The summed E-state index contributed by atoms with van der Waals surface area (Å²) >= 11 is 0. The summed E-state index contributed by atoms with van der Waals surface area (Å²) in [5.41, 5.74) is 0. The Kier molecular flexibility index (Phi) is 3.73. The van der Waals surface area contributed by atoms with E-state index in [0.29, 0.717) is 19.6 Å². The Morgan fingerprint density at radius 2 is 2.18 bits per heavy atom. The van der Waals surface area contributed by atoms with Crippen molar-refractivity contribution in [3.63, 3.8) is 0 Å². The van der Waals surface area contributed by atoms with E-state index in [1.807, 2.05) is 6.92 Å². The van der Waals surface area contributed by atoms with E-state index in [2.05, 4.69) is 0 Å². The zero-order valence-electron chi connectivity index (χ0n) is 10.1. The molecule has 6 heteroatoms. The molecule has 2 atom stereocenters. The number of likely N-dealkylation sites (N-methyl/N-ethyl adjacent to an activating group) is 1. The molecule has 0 aliphatic carbocycles. The van der Waals surface area contributed by atoms with Crippen LogP contribution in [-0.4, -0.2) is 56.0 Å². The molecule has 0 aromatic heterocycles. The molecular formula is C11H19NO4S. The number of nitrogens with zero attached hydrogens (tertiary/aromatic N) is 1. The molecule has 2 aliphatic rings. The minimum Gasteiger partial charge on any atom is -0.368 e. The number of carbonyl (C=O) groups is 1. The van der Waals surface area contributed by atoms with E-state index in [1.54, 1.807) is 4.90 Å². The Hall–Kier alpha value is -0.620. The van der Waals surface area contributed by atoms with Crippen molar-refractivity contribution >= 4 is 15.7 Å². The lowest BCUT2D eigenvalue weighted by Crippen LogP contribution is -2.45. The van der Waals surface area contributed by atoms with Gasteiger partial charge in [-0.3, -0.25) is 4.79 Å². The Bertz CT molecular complexity index is 386. The molecule has 1 amide bonds. The van der Waals surface area contributed by atoms with Crippen LogP contribution in [0.25, 0.3) is 0 Å². The predicted octanol–water partition coefficient (Wildman–Crippen LogP) is 0.201. The summed E-state index contributed by atoms with van der Waals surface area (Å²) in [5.74, 6) is 0.277. The van der Waals surface area contributed by atoms with Crippen molar-refractivity contribution in [2.45, 2.75) is 38.3 Å². The van der Waals surface area contributed by atoms with Crippen LogP contribution < -0.4 is 0 Å². The Morgan fingerprint density at radius 3 is 2.65 bits per heavy atom. The molecule has 0 saturated carbocycles. The van der Waals surface area contributed by atoms with Gasteiger partial charge in [0.2, 0.25) is 0 Å². The van der Waals surface area contributed by atoms with Gasteiger partial charge in [-0.15, -0.1) is 0 Å². The fraction of sp³-hybridized carbons (Fsp3) is 0.909. The smallest absolute Gasteiger partial charge is 0.251 e. The van der Waals surface area contributed by atoms with Crippen molar-refractivity contribution in [1.29, 1.82) is 0 Å².